The van der Waals surface area contributed by atoms with Gasteiger partial charge >= 0.3 is 18.2 Å². The highest BCUT2D eigenvalue weighted by atomic mass is 19.4. The molecule has 0 saturated carbocycles. The van der Waals surface area contributed by atoms with Crippen molar-refractivity contribution >= 4 is 23.6 Å². The molecule has 4 N–H and O–H groups in total. The van der Waals surface area contributed by atoms with Gasteiger partial charge in [-0.15, -0.1) is 0 Å². The Labute approximate surface area is 242 Å². The highest BCUT2D eigenvalue weighted by Crippen LogP contribution is 2.42. The quantitative estimate of drug-likeness (QED) is 0.300. The van der Waals surface area contributed by atoms with E-state index in [-0.39, 0.29) is 23.6 Å². The van der Waals surface area contributed by atoms with E-state index < -0.39 is 35.7 Å². The number of likely N-dealkylation sites (N-methyl/N-ethyl adjacent to an activating group) is 1. The van der Waals surface area contributed by atoms with Crippen LogP contribution in [0.5, 0.6) is 0 Å². The number of anilines is 1. The molecule has 0 radical (unpaired) electrons. The first-order chi connectivity index (χ1) is 19.7. The smallest absolute Gasteiger partial charge is 0.416 e. The Morgan fingerprint density at radius 3 is 2.45 bits per heavy atom. The monoisotopic (exact) mass is 587 g/mol. The first-order valence-corrected chi connectivity index (χ1v) is 13.1. The minimum atomic E-state index is -4.68. The van der Waals surface area contributed by atoms with E-state index in [1.54, 1.807) is 12.1 Å². The number of amides is 2. The standard InChI is InChI=1S/C29H33F3N6O4/c1-18-24(26(40)42-4)25(23-10-9-19(17-33)15-20(23)11-13-38(2,3)12-6-14-39)37(28(35)41)27(34)36(18)22-8-5-7-21(16-22)29(30,31)32/h5,7-10,15-16,25,34,39H,6,11-14H2,1-4H3,(H-,35,41)/p+1/t25-/m1/s1. The molecule has 0 bridgehead atoms. The molecule has 224 valence electrons. The molecule has 1 aliphatic heterocycles. The zero-order chi connectivity index (χ0) is 31.4. The number of aliphatic hydroxyl groups excluding tert-OH is 1. The Kier molecular flexibility index (Phi) is 9.65. The van der Waals surface area contributed by atoms with Gasteiger partial charge in [0.05, 0.1) is 57.1 Å². The minimum absolute atomic E-state index is 0.0313. The molecule has 2 aromatic carbocycles. The van der Waals surface area contributed by atoms with Crippen molar-refractivity contribution < 1.29 is 37.1 Å². The average molecular weight is 588 g/mol. The van der Waals surface area contributed by atoms with E-state index in [2.05, 4.69) is 6.07 Å². The van der Waals surface area contributed by atoms with Gasteiger partial charge < -0.3 is 20.1 Å². The number of quaternary nitrogens is 1. The highest BCUT2D eigenvalue weighted by molar-refractivity contribution is 6.10. The molecule has 0 spiro atoms. The second kappa shape index (κ2) is 12.6. The topological polar surface area (TPSA) is 144 Å². The summed E-state index contributed by atoms with van der Waals surface area (Å²) in [4.78, 5) is 28.1. The molecule has 2 amide bonds. The molecular weight excluding hydrogens is 553 g/mol. The van der Waals surface area contributed by atoms with Gasteiger partial charge in [0.2, 0.25) is 5.96 Å². The van der Waals surface area contributed by atoms with Crippen LogP contribution in [0.15, 0.2) is 53.7 Å². The van der Waals surface area contributed by atoms with Crippen molar-refractivity contribution in [2.75, 3.05) is 45.8 Å². The van der Waals surface area contributed by atoms with Crippen LogP contribution < -0.4 is 10.6 Å². The lowest BCUT2D eigenvalue weighted by Crippen LogP contribution is -2.55. The fourth-order valence-electron chi connectivity index (χ4n) is 5.06. The molecule has 1 atom stereocenters. The number of aliphatic hydroxyl groups is 1. The number of alkyl halides is 3. The van der Waals surface area contributed by atoms with Crippen LogP contribution in [0, 0.1) is 16.7 Å². The van der Waals surface area contributed by atoms with Crippen molar-refractivity contribution in [2.24, 2.45) is 5.73 Å². The maximum Gasteiger partial charge on any atom is 0.416 e. The largest absolute Gasteiger partial charge is 0.466 e. The van der Waals surface area contributed by atoms with Crippen LogP contribution in [0.2, 0.25) is 0 Å². The fraction of sp³-hybridized carbons (Fsp3) is 0.379. The fourth-order valence-corrected chi connectivity index (χ4v) is 5.06. The van der Waals surface area contributed by atoms with Crippen molar-refractivity contribution in [2.45, 2.75) is 32.0 Å². The van der Waals surface area contributed by atoms with Gasteiger partial charge in [-0.1, -0.05) is 12.1 Å². The van der Waals surface area contributed by atoms with Gasteiger partial charge in [-0.05, 0) is 48.4 Å². The number of rotatable bonds is 9. The molecule has 0 fully saturated rings. The zero-order valence-corrected chi connectivity index (χ0v) is 23.8. The van der Waals surface area contributed by atoms with E-state index in [1.165, 1.54) is 19.1 Å². The number of nitrogens with one attached hydrogen (secondary N) is 1. The number of methoxy groups -OCH3 is 1. The second-order valence-electron chi connectivity index (χ2n) is 10.5. The number of carbonyl (C=O) groups is 2. The van der Waals surface area contributed by atoms with Gasteiger partial charge in [-0.3, -0.25) is 15.2 Å². The number of nitrogens with zero attached hydrogens (tertiary/aromatic N) is 4. The molecule has 0 aliphatic carbocycles. The number of esters is 1. The molecule has 42 heavy (non-hydrogen) atoms. The Hall–Kier alpha value is -4.41. The minimum Gasteiger partial charge on any atom is -0.466 e. The first kappa shape index (κ1) is 32.1. The van der Waals surface area contributed by atoms with Gasteiger partial charge in [-0.2, -0.15) is 18.4 Å². The van der Waals surface area contributed by atoms with E-state index in [0.717, 1.165) is 35.1 Å². The third kappa shape index (κ3) is 6.72. The van der Waals surface area contributed by atoms with Gasteiger partial charge in [-0.25, -0.2) is 9.59 Å². The Morgan fingerprint density at radius 1 is 1.19 bits per heavy atom. The Morgan fingerprint density at radius 2 is 1.88 bits per heavy atom. The maximum atomic E-state index is 13.5. The van der Waals surface area contributed by atoms with Gasteiger partial charge in [0.1, 0.15) is 6.04 Å². The van der Waals surface area contributed by atoms with Crippen molar-refractivity contribution in [3.8, 4) is 6.07 Å². The predicted octanol–water partition coefficient (Wildman–Crippen LogP) is 3.90. The lowest BCUT2D eigenvalue weighted by atomic mass is 9.87. The van der Waals surface area contributed by atoms with Gasteiger partial charge in [0.15, 0.2) is 0 Å². The third-order valence-electron chi connectivity index (χ3n) is 7.25. The number of benzene rings is 2. The number of nitrogens with two attached hydrogens (primary N) is 1. The molecule has 0 unspecified atom stereocenters. The van der Waals surface area contributed by atoms with E-state index in [0.29, 0.717) is 47.1 Å². The number of ether oxygens (including phenoxy) is 1. The van der Waals surface area contributed by atoms with E-state index >= 15 is 0 Å². The molecule has 0 aromatic heterocycles. The number of primary amides is 1. The predicted molar refractivity (Wildman–Crippen MR) is 149 cm³/mol. The van der Waals surface area contributed by atoms with Crippen LogP contribution in [-0.2, 0) is 22.1 Å². The molecule has 10 nitrogen and oxygen atoms in total. The van der Waals surface area contributed by atoms with Gasteiger partial charge in [0.25, 0.3) is 0 Å². The molecule has 13 heteroatoms. The average Bonchev–Trinajstić information content (AvgIpc) is 2.93. The normalized spacial score (nSPS) is 16.0. The number of halogens is 3. The summed E-state index contributed by atoms with van der Waals surface area (Å²) < 4.78 is 46.2. The molecule has 1 heterocycles. The number of allylic oxidation sites excluding steroid dienone is 1. The van der Waals surface area contributed by atoms with Crippen LogP contribution in [0.1, 0.15) is 41.6 Å². The molecule has 3 rings (SSSR count). The van der Waals surface area contributed by atoms with Crippen LogP contribution >= 0.6 is 0 Å². The number of hydrogen-bond acceptors (Lipinski definition) is 6. The summed E-state index contributed by atoms with van der Waals surface area (Å²) in [5.41, 5.74) is 5.98. The Balaban J connectivity index is 2.26. The molecule has 1 aliphatic rings. The third-order valence-corrected chi connectivity index (χ3v) is 7.25. The van der Waals surface area contributed by atoms with E-state index in [9.17, 15) is 33.1 Å². The summed E-state index contributed by atoms with van der Waals surface area (Å²) in [6.07, 6.45) is -3.71. The number of urea groups is 1. The lowest BCUT2D eigenvalue weighted by molar-refractivity contribution is -0.890. The Bertz CT molecular complexity index is 1450. The molecule has 2 aromatic rings. The summed E-state index contributed by atoms with van der Waals surface area (Å²) in [6, 6.07) is 8.58. The zero-order valence-electron chi connectivity index (χ0n) is 23.8. The highest BCUT2D eigenvalue weighted by Gasteiger charge is 2.44. The lowest BCUT2D eigenvalue weighted by Gasteiger charge is -2.43. The number of nitriles is 1. The summed E-state index contributed by atoms with van der Waals surface area (Å²) in [6.45, 7) is 2.72. The van der Waals surface area contributed by atoms with Crippen molar-refractivity contribution in [1.82, 2.24) is 4.90 Å². The summed E-state index contributed by atoms with van der Waals surface area (Å²) in [5, 5.41) is 27.8. The van der Waals surface area contributed by atoms with E-state index in [1.807, 2.05) is 14.1 Å². The molecule has 0 saturated heterocycles. The van der Waals surface area contributed by atoms with Gasteiger partial charge in [0, 0.05) is 30.8 Å². The summed E-state index contributed by atoms with van der Waals surface area (Å²) in [7, 11) is 5.09. The first-order valence-electron chi connectivity index (χ1n) is 13.1. The second-order valence-corrected chi connectivity index (χ2v) is 10.5. The van der Waals surface area contributed by atoms with E-state index in [4.69, 9.17) is 15.9 Å². The van der Waals surface area contributed by atoms with Crippen LogP contribution in [-0.4, -0.2) is 73.4 Å². The van der Waals surface area contributed by atoms with Crippen molar-refractivity contribution in [3.63, 3.8) is 0 Å². The van der Waals surface area contributed by atoms with Crippen LogP contribution in [0.25, 0.3) is 0 Å². The summed E-state index contributed by atoms with van der Waals surface area (Å²) in [5.74, 6) is -1.44. The SMILES string of the molecule is COC(=O)C1=C(C)N(c2cccc(C(F)(F)F)c2)C(=N)N(C(N)=O)[C@@H]1c1ccc(C#N)cc1CC[N+](C)(C)CCCO. The summed E-state index contributed by atoms with van der Waals surface area (Å²) >= 11 is 0. The molecular formula is C29H34F3N6O4+. The van der Waals surface area contributed by atoms with Crippen LogP contribution in [0.4, 0.5) is 23.7 Å². The van der Waals surface area contributed by atoms with Crippen molar-refractivity contribution in [3.05, 3.63) is 76.0 Å². The maximum absolute atomic E-state index is 13.5. The number of guanidine groups is 1. The number of hydrogen-bond donors (Lipinski definition) is 3. The van der Waals surface area contributed by atoms with Crippen molar-refractivity contribution in [1.29, 1.82) is 10.7 Å². The van der Waals surface area contributed by atoms with Crippen LogP contribution in [0.3, 0.4) is 0 Å². The number of carbonyl (C=O) groups excluding carboxylic acids is 2.